The van der Waals surface area contributed by atoms with Gasteiger partial charge in [0.2, 0.25) is 11.7 Å². The Morgan fingerprint density at radius 3 is 2.78 bits per heavy atom. The Hall–Kier alpha value is -2.38. The minimum absolute atomic E-state index is 0.0271. The zero-order valence-corrected chi connectivity index (χ0v) is 12.8. The quantitative estimate of drug-likeness (QED) is 0.876. The molecule has 2 rings (SSSR count). The van der Waals surface area contributed by atoms with Crippen molar-refractivity contribution in [2.45, 2.75) is 19.4 Å². The molecule has 1 aromatic rings. The highest BCUT2D eigenvalue weighted by Crippen LogP contribution is 2.22. The largest absolute Gasteiger partial charge is 0.494 e. The standard InChI is InChI=1S/C15H19F2N3O3/c1-23-11-5-4-9(12(16)13(11)17)7-19-14(21)10-3-2-6-20(8-10)15(18)22/h4-5,10H,2-3,6-8H2,1H3,(H2,18,22)(H,19,21)/t10-/m0/s1. The summed E-state index contributed by atoms with van der Waals surface area (Å²) in [5.41, 5.74) is 5.24. The molecular weight excluding hydrogens is 308 g/mol. The molecule has 8 heteroatoms. The van der Waals surface area contributed by atoms with E-state index in [4.69, 9.17) is 5.73 Å². The smallest absolute Gasteiger partial charge is 0.314 e. The van der Waals surface area contributed by atoms with Crippen molar-refractivity contribution in [1.29, 1.82) is 0 Å². The molecule has 1 heterocycles. The molecule has 3 N–H and O–H groups in total. The molecule has 1 fully saturated rings. The number of ether oxygens (including phenoxy) is 1. The Balaban J connectivity index is 1.97. The van der Waals surface area contributed by atoms with Crippen molar-refractivity contribution in [3.63, 3.8) is 0 Å². The molecule has 0 bridgehead atoms. The maximum atomic E-state index is 13.8. The first kappa shape index (κ1) is 17.0. The average molecular weight is 327 g/mol. The highest BCUT2D eigenvalue weighted by atomic mass is 19.2. The van der Waals surface area contributed by atoms with Crippen LogP contribution in [0.15, 0.2) is 12.1 Å². The number of primary amides is 1. The summed E-state index contributed by atoms with van der Waals surface area (Å²) in [5, 5.41) is 2.57. The van der Waals surface area contributed by atoms with Gasteiger partial charge in [0, 0.05) is 25.2 Å². The number of hydrogen-bond donors (Lipinski definition) is 2. The van der Waals surface area contributed by atoms with Crippen LogP contribution < -0.4 is 15.8 Å². The second kappa shape index (κ2) is 7.26. The van der Waals surface area contributed by atoms with Crippen molar-refractivity contribution in [2.24, 2.45) is 11.7 Å². The lowest BCUT2D eigenvalue weighted by atomic mass is 9.97. The summed E-state index contributed by atoms with van der Waals surface area (Å²) < 4.78 is 32.1. The summed E-state index contributed by atoms with van der Waals surface area (Å²) in [5.74, 6) is -3.04. The lowest BCUT2D eigenvalue weighted by Gasteiger charge is -2.30. The summed E-state index contributed by atoms with van der Waals surface area (Å²) in [6.45, 7) is 0.622. The van der Waals surface area contributed by atoms with E-state index in [2.05, 4.69) is 10.1 Å². The number of likely N-dealkylation sites (tertiary alicyclic amines) is 1. The van der Waals surface area contributed by atoms with Crippen LogP contribution in [0.1, 0.15) is 18.4 Å². The van der Waals surface area contributed by atoms with E-state index in [0.717, 1.165) is 0 Å². The number of piperidine rings is 1. The molecule has 23 heavy (non-hydrogen) atoms. The van der Waals surface area contributed by atoms with Gasteiger partial charge in [0.15, 0.2) is 11.6 Å². The molecule has 1 saturated heterocycles. The van der Waals surface area contributed by atoms with E-state index in [0.29, 0.717) is 19.4 Å². The molecule has 1 atom stereocenters. The molecule has 0 aromatic heterocycles. The van der Waals surface area contributed by atoms with Crippen LogP contribution in [0.2, 0.25) is 0 Å². The highest BCUT2D eigenvalue weighted by Gasteiger charge is 2.27. The topological polar surface area (TPSA) is 84.7 Å². The van der Waals surface area contributed by atoms with Gasteiger partial charge < -0.3 is 20.7 Å². The lowest BCUT2D eigenvalue weighted by molar-refractivity contribution is -0.126. The third-order valence-electron chi connectivity index (χ3n) is 3.90. The van der Waals surface area contributed by atoms with Gasteiger partial charge in [-0.15, -0.1) is 0 Å². The van der Waals surface area contributed by atoms with Gasteiger partial charge in [0.25, 0.3) is 0 Å². The van der Waals surface area contributed by atoms with E-state index in [1.54, 1.807) is 0 Å². The summed E-state index contributed by atoms with van der Waals surface area (Å²) in [7, 11) is 1.24. The molecule has 3 amide bonds. The van der Waals surface area contributed by atoms with Crippen molar-refractivity contribution in [2.75, 3.05) is 20.2 Å². The van der Waals surface area contributed by atoms with Gasteiger partial charge in [-0.05, 0) is 18.9 Å². The van der Waals surface area contributed by atoms with Crippen LogP contribution in [0.3, 0.4) is 0 Å². The third-order valence-corrected chi connectivity index (χ3v) is 3.90. The first-order chi connectivity index (χ1) is 10.9. The lowest BCUT2D eigenvalue weighted by Crippen LogP contribution is -2.47. The molecular formula is C15H19F2N3O3. The van der Waals surface area contributed by atoms with Crippen LogP contribution >= 0.6 is 0 Å². The zero-order chi connectivity index (χ0) is 17.0. The molecule has 0 aliphatic carbocycles. The number of urea groups is 1. The predicted octanol–water partition coefficient (Wildman–Crippen LogP) is 1.38. The maximum absolute atomic E-state index is 13.8. The Morgan fingerprint density at radius 1 is 1.39 bits per heavy atom. The number of nitrogens with two attached hydrogens (primary N) is 1. The normalized spacial score (nSPS) is 17.7. The number of amides is 3. The predicted molar refractivity (Wildman–Crippen MR) is 78.6 cm³/mol. The third kappa shape index (κ3) is 3.88. The number of hydrogen-bond acceptors (Lipinski definition) is 3. The van der Waals surface area contributed by atoms with Crippen LogP contribution in [-0.4, -0.2) is 37.0 Å². The number of nitrogens with zero attached hydrogens (tertiary/aromatic N) is 1. The van der Waals surface area contributed by atoms with Crippen molar-refractivity contribution in [1.82, 2.24) is 10.2 Å². The fourth-order valence-electron chi connectivity index (χ4n) is 2.58. The number of halogens is 2. The minimum Gasteiger partial charge on any atom is -0.494 e. The van der Waals surface area contributed by atoms with Gasteiger partial charge in [0.05, 0.1) is 13.0 Å². The number of benzene rings is 1. The molecule has 1 aromatic carbocycles. The van der Waals surface area contributed by atoms with E-state index in [-0.39, 0.29) is 30.3 Å². The second-order valence-electron chi connectivity index (χ2n) is 5.40. The average Bonchev–Trinajstić information content (AvgIpc) is 2.56. The summed E-state index contributed by atoms with van der Waals surface area (Å²) in [4.78, 5) is 24.7. The van der Waals surface area contributed by atoms with Gasteiger partial charge in [-0.1, -0.05) is 6.07 Å². The van der Waals surface area contributed by atoms with E-state index in [1.165, 1.54) is 24.1 Å². The minimum atomic E-state index is -1.09. The number of carbonyl (C=O) groups excluding carboxylic acids is 2. The molecule has 126 valence electrons. The molecule has 1 aliphatic rings. The van der Waals surface area contributed by atoms with Crippen LogP contribution in [-0.2, 0) is 11.3 Å². The van der Waals surface area contributed by atoms with Gasteiger partial charge >= 0.3 is 6.03 Å². The van der Waals surface area contributed by atoms with Gasteiger partial charge in [-0.25, -0.2) is 9.18 Å². The van der Waals surface area contributed by atoms with Crippen molar-refractivity contribution < 1.29 is 23.1 Å². The Labute approximate surface area is 132 Å². The van der Waals surface area contributed by atoms with E-state index in [9.17, 15) is 18.4 Å². The van der Waals surface area contributed by atoms with Crippen LogP contribution in [0, 0.1) is 17.6 Å². The van der Waals surface area contributed by atoms with Crippen molar-refractivity contribution in [3.05, 3.63) is 29.3 Å². The fourth-order valence-corrected chi connectivity index (χ4v) is 2.58. The SMILES string of the molecule is COc1ccc(CNC(=O)[C@H]2CCCN(C(N)=O)C2)c(F)c1F. The number of nitrogens with one attached hydrogen (secondary N) is 1. The number of carbonyl (C=O) groups is 2. The number of methoxy groups -OCH3 is 1. The molecule has 1 aliphatic heterocycles. The summed E-state index contributed by atoms with van der Waals surface area (Å²) in [6, 6.07) is 2.09. The molecule has 0 radical (unpaired) electrons. The van der Waals surface area contributed by atoms with Gasteiger partial charge in [0.1, 0.15) is 0 Å². The monoisotopic (exact) mass is 327 g/mol. The van der Waals surface area contributed by atoms with E-state index >= 15 is 0 Å². The summed E-state index contributed by atoms with van der Waals surface area (Å²) in [6.07, 6.45) is 1.29. The molecule has 6 nitrogen and oxygen atoms in total. The summed E-state index contributed by atoms with van der Waals surface area (Å²) >= 11 is 0. The van der Waals surface area contributed by atoms with Gasteiger partial charge in [-0.3, -0.25) is 4.79 Å². The first-order valence-electron chi connectivity index (χ1n) is 7.27. The van der Waals surface area contributed by atoms with Crippen LogP contribution in [0.4, 0.5) is 13.6 Å². The second-order valence-corrected chi connectivity index (χ2v) is 5.40. The molecule has 0 unspecified atom stereocenters. The highest BCUT2D eigenvalue weighted by molar-refractivity contribution is 5.80. The van der Waals surface area contributed by atoms with Crippen molar-refractivity contribution >= 4 is 11.9 Å². The Kier molecular flexibility index (Phi) is 5.36. The fraction of sp³-hybridized carbons (Fsp3) is 0.467. The molecule has 0 spiro atoms. The van der Waals surface area contributed by atoms with Crippen LogP contribution in [0.25, 0.3) is 0 Å². The van der Waals surface area contributed by atoms with Crippen LogP contribution in [0.5, 0.6) is 5.75 Å². The maximum Gasteiger partial charge on any atom is 0.314 e. The van der Waals surface area contributed by atoms with E-state index < -0.39 is 23.6 Å². The van der Waals surface area contributed by atoms with E-state index in [1.807, 2.05) is 0 Å². The Bertz CT molecular complexity index is 610. The molecule has 0 saturated carbocycles. The van der Waals surface area contributed by atoms with Crippen molar-refractivity contribution in [3.8, 4) is 5.75 Å². The van der Waals surface area contributed by atoms with Gasteiger partial charge in [-0.2, -0.15) is 4.39 Å². The zero-order valence-electron chi connectivity index (χ0n) is 12.8. The Morgan fingerprint density at radius 2 is 2.13 bits per heavy atom. The number of rotatable bonds is 4. The first-order valence-corrected chi connectivity index (χ1v) is 7.27.